The Kier molecular flexibility index (Phi) is 8.06. The molecular weight excluding hydrogens is 328 g/mol. The van der Waals surface area contributed by atoms with Crippen molar-refractivity contribution in [2.24, 2.45) is 0 Å². The fourth-order valence-electron chi connectivity index (χ4n) is 2.40. The van der Waals surface area contributed by atoms with Crippen LogP contribution in [-0.2, 0) is 14.3 Å². The Labute approximate surface area is 154 Å². The van der Waals surface area contributed by atoms with Gasteiger partial charge in [0, 0.05) is 24.8 Å². The molecule has 0 N–H and O–H groups in total. The number of pyridine rings is 2. The van der Waals surface area contributed by atoms with E-state index in [4.69, 9.17) is 9.47 Å². The number of nitrogens with zero attached hydrogens (tertiary/aromatic N) is 2. The molecule has 0 aliphatic rings. The Bertz CT molecular complexity index is 677. The van der Waals surface area contributed by atoms with Crippen LogP contribution in [0, 0.1) is 0 Å². The van der Waals surface area contributed by atoms with Gasteiger partial charge in [-0.1, -0.05) is 0 Å². The normalized spacial score (nSPS) is 11.9. The Hall–Kier alpha value is -2.95. The van der Waals surface area contributed by atoms with Crippen LogP contribution in [0.3, 0.4) is 0 Å². The summed E-state index contributed by atoms with van der Waals surface area (Å²) >= 11 is 0. The third-order valence-corrected chi connectivity index (χ3v) is 3.47. The van der Waals surface area contributed by atoms with Crippen LogP contribution in [-0.4, -0.2) is 29.0 Å². The topological polar surface area (TPSA) is 61.3 Å². The molecule has 0 fully saturated rings. The van der Waals surface area contributed by atoms with Crippen molar-refractivity contribution in [2.75, 3.05) is 13.2 Å². The molecule has 26 heavy (non-hydrogen) atoms. The first kappa shape index (κ1) is 19.4. The van der Waals surface area contributed by atoms with Gasteiger partial charge in [0.05, 0.1) is 26.1 Å². The van der Waals surface area contributed by atoms with Crippen LogP contribution < -0.4 is 0 Å². The van der Waals surface area contributed by atoms with Gasteiger partial charge in [0.2, 0.25) is 0 Å². The number of Topliss-reactive ketones (excluding diaryl/α,β-unsaturated/α-hetero) is 1. The zero-order chi connectivity index (χ0) is 18.6. The first-order valence-electron chi connectivity index (χ1n) is 8.69. The fourth-order valence-corrected chi connectivity index (χ4v) is 2.40. The van der Waals surface area contributed by atoms with Crippen LogP contribution in [0.5, 0.6) is 0 Å². The summed E-state index contributed by atoms with van der Waals surface area (Å²) < 4.78 is 11.3. The smallest absolute Gasteiger partial charge is 0.147 e. The summed E-state index contributed by atoms with van der Waals surface area (Å²) in [7, 11) is 0. The fraction of sp³-hybridized carbons (Fsp3) is 0.286. The Morgan fingerprint density at radius 2 is 1.19 bits per heavy atom. The van der Waals surface area contributed by atoms with E-state index >= 15 is 0 Å². The van der Waals surface area contributed by atoms with Gasteiger partial charge in [-0.2, -0.15) is 0 Å². The van der Waals surface area contributed by atoms with Crippen molar-refractivity contribution in [3.05, 3.63) is 71.7 Å². The van der Waals surface area contributed by atoms with Gasteiger partial charge >= 0.3 is 0 Å². The number of carbonyl (C=O) groups is 1. The lowest BCUT2D eigenvalue weighted by Gasteiger charge is -2.11. The average molecular weight is 352 g/mol. The molecule has 0 aliphatic heterocycles. The molecule has 5 heteroatoms. The summed E-state index contributed by atoms with van der Waals surface area (Å²) in [6, 6.07) is 7.49. The number of hydrogen-bond donors (Lipinski definition) is 0. The highest BCUT2D eigenvalue weighted by atomic mass is 16.5. The molecule has 2 rings (SSSR count). The molecule has 0 spiro atoms. The highest BCUT2D eigenvalue weighted by Gasteiger charge is 2.11. The SMILES string of the molecule is CCO/C(=C\c1ccncc1)CC(=O)C/C(=C/c1ccncc1)OCC. The summed E-state index contributed by atoms with van der Waals surface area (Å²) in [5.41, 5.74) is 1.90. The predicted octanol–water partition coefficient (Wildman–Crippen LogP) is 4.28. The lowest BCUT2D eigenvalue weighted by atomic mass is 10.1. The van der Waals surface area contributed by atoms with Gasteiger partial charge in [-0.25, -0.2) is 0 Å². The van der Waals surface area contributed by atoms with Gasteiger partial charge in [-0.05, 0) is 61.4 Å². The lowest BCUT2D eigenvalue weighted by Crippen LogP contribution is -2.06. The van der Waals surface area contributed by atoms with Crippen LogP contribution >= 0.6 is 0 Å². The van der Waals surface area contributed by atoms with E-state index in [-0.39, 0.29) is 18.6 Å². The number of hydrogen-bond acceptors (Lipinski definition) is 5. The third kappa shape index (κ3) is 6.89. The molecule has 0 aromatic carbocycles. The molecule has 0 bridgehead atoms. The molecule has 2 aromatic rings. The molecule has 2 aromatic heterocycles. The van der Waals surface area contributed by atoms with E-state index in [2.05, 4.69) is 9.97 Å². The van der Waals surface area contributed by atoms with Gasteiger partial charge in [0.15, 0.2) is 0 Å². The number of carbonyl (C=O) groups excluding carboxylic acids is 1. The molecule has 0 unspecified atom stereocenters. The van der Waals surface area contributed by atoms with Crippen LogP contribution in [0.1, 0.15) is 37.8 Å². The Morgan fingerprint density at radius 1 is 0.808 bits per heavy atom. The highest BCUT2D eigenvalue weighted by molar-refractivity contribution is 5.84. The zero-order valence-electron chi connectivity index (χ0n) is 15.2. The van der Waals surface area contributed by atoms with Crippen LogP contribution in [0.4, 0.5) is 0 Å². The first-order chi connectivity index (χ1) is 12.7. The average Bonchev–Trinajstić information content (AvgIpc) is 2.63. The molecule has 0 atom stereocenters. The monoisotopic (exact) mass is 352 g/mol. The largest absolute Gasteiger partial charge is 0.498 e. The maximum absolute atomic E-state index is 12.5. The second-order valence-electron chi connectivity index (χ2n) is 5.54. The van der Waals surface area contributed by atoms with E-state index in [1.165, 1.54) is 0 Å². The van der Waals surface area contributed by atoms with Crippen molar-refractivity contribution in [3.8, 4) is 0 Å². The van der Waals surface area contributed by atoms with E-state index in [0.29, 0.717) is 24.7 Å². The van der Waals surface area contributed by atoms with E-state index < -0.39 is 0 Å². The number of ether oxygens (including phenoxy) is 2. The molecule has 0 saturated carbocycles. The van der Waals surface area contributed by atoms with Crippen molar-refractivity contribution in [3.63, 3.8) is 0 Å². The summed E-state index contributed by atoms with van der Waals surface area (Å²) in [4.78, 5) is 20.5. The molecule has 136 valence electrons. The minimum Gasteiger partial charge on any atom is -0.498 e. The van der Waals surface area contributed by atoms with Crippen molar-refractivity contribution < 1.29 is 14.3 Å². The van der Waals surface area contributed by atoms with Gasteiger partial charge in [-0.15, -0.1) is 0 Å². The van der Waals surface area contributed by atoms with Crippen LogP contribution in [0.2, 0.25) is 0 Å². The van der Waals surface area contributed by atoms with E-state index in [1.807, 2.05) is 50.3 Å². The zero-order valence-corrected chi connectivity index (χ0v) is 15.2. The number of allylic oxidation sites excluding steroid dienone is 2. The van der Waals surface area contributed by atoms with Crippen molar-refractivity contribution >= 4 is 17.9 Å². The number of ketones is 1. The second kappa shape index (κ2) is 10.8. The predicted molar refractivity (Wildman–Crippen MR) is 102 cm³/mol. The highest BCUT2D eigenvalue weighted by Crippen LogP contribution is 2.17. The standard InChI is InChI=1S/C21H24N2O3/c1-3-25-20(13-17-5-9-22-10-6-17)15-19(24)16-21(26-4-2)14-18-7-11-23-12-8-18/h5-14H,3-4,15-16H2,1-2H3/b20-13-,21-14-. The van der Waals surface area contributed by atoms with Gasteiger partial charge in [0.25, 0.3) is 0 Å². The number of rotatable bonds is 10. The number of aromatic nitrogens is 2. The quantitative estimate of drug-likeness (QED) is 0.597. The van der Waals surface area contributed by atoms with Gasteiger partial charge < -0.3 is 9.47 Å². The Morgan fingerprint density at radius 3 is 1.54 bits per heavy atom. The summed E-state index contributed by atoms with van der Waals surface area (Å²) in [5, 5.41) is 0. The molecule has 2 heterocycles. The summed E-state index contributed by atoms with van der Waals surface area (Å²) in [6.45, 7) is 4.82. The molecule has 0 amide bonds. The van der Waals surface area contributed by atoms with E-state index in [1.54, 1.807) is 24.8 Å². The molecule has 0 radical (unpaired) electrons. The third-order valence-electron chi connectivity index (χ3n) is 3.47. The van der Waals surface area contributed by atoms with Crippen LogP contribution in [0.25, 0.3) is 12.2 Å². The maximum atomic E-state index is 12.5. The first-order valence-corrected chi connectivity index (χ1v) is 8.69. The maximum Gasteiger partial charge on any atom is 0.147 e. The van der Waals surface area contributed by atoms with Crippen molar-refractivity contribution in [1.29, 1.82) is 0 Å². The minimum atomic E-state index is 0.0347. The summed E-state index contributed by atoms with van der Waals surface area (Å²) in [6.07, 6.45) is 11.0. The Balaban J connectivity index is 2.07. The lowest BCUT2D eigenvalue weighted by molar-refractivity contribution is -0.118. The summed E-state index contributed by atoms with van der Waals surface area (Å²) in [5.74, 6) is 1.32. The van der Waals surface area contributed by atoms with Crippen molar-refractivity contribution in [1.82, 2.24) is 9.97 Å². The van der Waals surface area contributed by atoms with Crippen LogP contribution in [0.15, 0.2) is 60.6 Å². The second-order valence-corrected chi connectivity index (χ2v) is 5.54. The van der Waals surface area contributed by atoms with E-state index in [0.717, 1.165) is 11.1 Å². The van der Waals surface area contributed by atoms with E-state index in [9.17, 15) is 4.79 Å². The molecule has 0 saturated heterocycles. The van der Waals surface area contributed by atoms with Gasteiger partial charge in [-0.3, -0.25) is 14.8 Å². The molecule has 5 nitrogen and oxygen atoms in total. The van der Waals surface area contributed by atoms with Crippen molar-refractivity contribution in [2.45, 2.75) is 26.7 Å². The molecule has 0 aliphatic carbocycles. The minimum absolute atomic E-state index is 0.0347. The van der Waals surface area contributed by atoms with Gasteiger partial charge in [0.1, 0.15) is 17.3 Å². The molecular formula is C21H24N2O3.